The molecule has 1 saturated heterocycles. The van der Waals surface area contributed by atoms with Gasteiger partial charge < -0.3 is 16.0 Å². The molecule has 1 atom stereocenters. The maximum Gasteiger partial charge on any atom is 0.242 e. The number of rotatable bonds is 4. The first-order valence-electron chi connectivity index (χ1n) is 7.44. The van der Waals surface area contributed by atoms with Gasteiger partial charge >= 0.3 is 0 Å². The van der Waals surface area contributed by atoms with Crippen molar-refractivity contribution in [1.82, 2.24) is 10.2 Å². The second kappa shape index (κ2) is 8.76. The standard InChI is InChI=1S/C16H23N3O2.ClH/c1-12-5-7-13(8-6-12)14-4-2-3-9-19(14)16(21)11-18-15(20)10-17;/h5-8,14H,2-4,9-11,17H2,1H3,(H,18,20);1H. The van der Waals surface area contributed by atoms with E-state index in [1.54, 1.807) is 0 Å². The Labute approximate surface area is 137 Å². The lowest BCUT2D eigenvalue weighted by atomic mass is 9.94. The molecular weight excluding hydrogens is 302 g/mol. The van der Waals surface area contributed by atoms with Crippen LogP contribution in [0.4, 0.5) is 0 Å². The second-order valence-corrected chi connectivity index (χ2v) is 5.49. The molecule has 1 aliphatic heterocycles. The van der Waals surface area contributed by atoms with Gasteiger partial charge in [-0.15, -0.1) is 12.4 Å². The first-order valence-corrected chi connectivity index (χ1v) is 7.44. The summed E-state index contributed by atoms with van der Waals surface area (Å²) in [5, 5.41) is 2.56. The van der Waals surface area contributed by atoms with Gasteiger partial charge in [-0.2, -0.15) is 0 Å². The van der Waals surface area contributed by atoms with Crippen molar-refractivity contribution in [3.8, 4) is 0 Å². The van der Waals surface area contributed by atoms with Gasteiger partial charge in [0, 0.05) is 6.54 Å². The first kappa shape index (κ1) is 18.5. The predicted molar refractivity (Wildman–Crippen MR) is 88.8 cm³/mol. The fourth-order valence-electron chi connectivity index (χ4n) is 2.71. The molecule has 1 heterocycles. The molecule has 0 spiro atoms. The van der Waals surface area contributed by atoms with E-state index in [2.05, 4.69) is 36.5 Å². The molecule has 3 N–H and O–H groups in total. The van der Waals surface area contributed by atoms with Gasteiger partial charge in [-0.3, -0.25) is 9.59 Å². The SMILES string of the molecule is Cc1ccc(C2CCCCN2C(=O)CNC(=O)CN)cc1.Cl. The number of halogens is 1. The summed E-state index contributed by atoms with van der Waals surface area (Å²) in [6.07, 6.45) is 3.11. The van der Waals surface area contributed by atoms with Crippen molar-refractivity contribution in [1.29, 1.82) is 0 Å². The largest absolute Gasteiger partial charge is 0.346 e. The summed E-state index contributed by atoms with van der Waals surface area (Å²) in [6.45, 7) is 2.73. The summed E-state index contributed by atoms with van der Waals surface area (Å²) in [5.74, 6) is -0.339. The minimum absolute atomic E-state index is 0. The Hall–Kier alpha value is -1.59. The average Bonchev–Trinajstić information content (AvgIpc) is 2.53. The van der Waals surface area contributed by atoms with Gasteiger partial charge in [0.25, 0.3) is 0 Å². The van der Waals surface area contributed by atoms with Crippen LogP contribution in [0, 0.1) is 6.92 Å². The van der Waals surface area contributed by atoms with E-state index >= 15 is 0 Å². The average molecular weight is 326 g/mol. The second-order valence-electron chi connectivity index (χ2n) is 5.49. The highest BCUT2D eigenvalue weighted by molar-refractivity contribution is 5.86. The van der Waals surface area contributed by atoms with Crippen LogP contribution in [0.3, 0.4) is 0 Å². The lowest BCUT2D eigenvalue weighted by molar-refractivity contribution is -0.136. The molecule has 1 fully saturated rings. The van der Waals surface area contributed by atoms with E-state index in [1.165, 1.54) is 11.1 Å². The van der Waals surface area contributed by atoms with Gasteiger partial charge in [-0.05, 0) is 31.7 Å². The normalized spacial score (nSPS) is 17.5. The Morgan fingerprint density at radius 1 is 1.27 bits per heavy atom. The first-order chi connectivity index (χ1) is 10.1. The molecule has 122 valence electrons. The smallest absolute Gasteiger partial charge is 0.242 e. The van der Waals surface area contributed by atoms with E-state index in [-0.39, 0.29) is 43.4 Å². The van der Waals surface area contributed by atoms with E-state index in [9.17, 15) is 9.59 Å². The highest BCUT2D eigenvalue weighted by atomic mass is 35.5. The molecule has 2 rings (SSSR count). The van der Waals surface area contributed by atoms with Crippen molar-refractivity contribution in [2.45, 2.75) is 32.2 Å². The van der Waals surface area contributed by atoms with Crippen molar-refractivity contribution in [3.05, 3.63) is 35.4 Å². The number of carbonyl (C=O) groups is 2. The third-order valence-electron chi connectivity index (χ3n) is 3.91. The number of nitrogens with two attached hydrogens (primary N) is 1. The number of carbonyl (C=O) groups excluding carboxylic acids is 2. The molecule has 0 radical (unpaired) electrons. The number of likely N-dealkylation sites (tertiary alicyclic amines) is 1. The van der Waals surface area contributed by atoms with E-state index in [1.807, 2.05) is 4.90 Å². The van der Waals surface area contributed by atoms with Crippen molar-refractivity contribution in [2.24, 2.45) is 5.73 Å². The van der Waals surface area contributed by atoms with Crippen LogP contribution in [0.5, 0.6) is 0 Å². The Morgan fingerprint density at radius 2 is 1.95 bits per heavy atom. The molecule has 2 amide bonds. The minimum atomic E-state index is -0.299. The Morgan fingerprint density at radius 3 is 2.59 bits per heavy atom. The maximum absolute atomic E-state index is 12.3. The quantitative estimate of drug-likeness (QED) is 0.881. The molecule has 22 heavy (non-hydrogen) atoms. The molecule has 0 aromatic heterocycles. The number of nitrogens with one attached hydrogen (secondary N) is 1. The molecule has 1 aromatic rings. The zero-order valence-corrected chi connectivity index (χ0v) is 13.7. The van der Waals surface area contributed by atoms with Gasteiger partial charge in [0.15, 0.2) is 0 Å². The van der Waals surface area contributed by atoms with Gasteiger partial charge in [0.2, 0.25) is 11.8 Å². The molecule has 0 saturated carbocycles. The van der Waals surface area contributed by atoms with Crippen LogP contribution >= 0.6 is 12.4 Å². The third-order valence-corrected chi connectivity index (χ3v) is 3.91. The molecule has 6 heteroatoms. The molecule has 1 aliphatic rings. The van der Waals surface area contributed by atoms with Crippen LogP contribution in [0.2, 0.25) is 0 Å². The topological polar surface area (TPSA) is 75.4 Å². The van der Waals surface area contributed by atoms with Crippen molar-refractivity contribution in [2.75, 3.05) is 19.6 Å². The Kier molecular flexibility index (Phi) is 7.35. The molecule has 0 aliphatic carbocycles. The molecule has 5 nitrogen and oxygen atoms in total. The summed E-state index contributed by atoms with van der Waals surface area (Å²) in [4.78, 5) is 25.4. The highest BCUT2D eigenvalue weighted by Gasteiger charge is 2.27. The van der Waals surface area contributed by atoms with Gasteiger partial charge in [-0.1, -0.05) is 29.8 Å². The van der Waals surface area contributed by atoms with Crippen molar-refractivity contribution >= 4 is 24.2 Å². The van der Waals surface area contributed by atoms with Crippen LogP contribution < -0.4 is 11.1 Å². The fourth-order valence-corrected chi connectivity index (χ4v) is 2.71. The number of hydrogen-bond acceptors (Lipinski definition) is 3. The number of piperidine rings is 1. The minimum Gasteiger partial charge on any atom is -0.346 e. The summed E-state index contributed by atoms with van der Waals surface area (Å²) in [6, 6.07) is 8.43. The fraction of sp³-hybridized carbons (Fsp3) is 0.500. The number of hydrogen-bond donors (Lipinski definition) is 2. The monoisotopic (exact) mass is 325 g/mol. The third kappa shape index (κ3) is 4.71. The summed E-state index contributed by atoms with van der Waals surface area (Å²) in [5.41, 5.74) is 7.61. The van der Waals surface area contributed by atoms with Crippen LogP contribution in [-0.2, 0) is 9.59 Å². The van der Waals surface area contributed by atoms with Crippen LogP contribution in [0.15, 0.2) is 24.3 Å². The highest BCUT2D eigenvalue weighted by Crippen LogP contribution is 2.30. The predicted octanol–water partition coefficient (Wildman–Crippen LogP) is 1.55. The van der Waals surface area contributed by atoms with Crippen molar-refractivity contribution < 1.29 is 9.59 Å². The van der Waals surface area contributed by atoms with E-state index in [0.717, 1.165) is 25.8 Å². The number of nitrogens with zero attached hydrogens (tertiary/aromatic N) is 1. The van der Waals surface area contributed by atoms with Gasteiger partial charge in [0.1, 0.15) is 0 Å². The van der Waals surface area contributed by atoms with E-state index in [4.69, 9.17) is 5.73 Å². The van der Waals surface area contributed by atoms with Crippen molar-refractivity contribution in [3.63, 3.8) is 0 Å². The lowest BCUT2D eigenvalue weighted by Gasteiger charge is -2.36. The molecular formula is C16H24ClN3O2. The van der Waals surface area contributed by atoms with Crippen LogP contribution in [0.25, 0.3) is 0 Å². The van der Waals surface area contributed by atoms with Gasteiger partial charge in [0.05, 0.1) is 19.1 Å². The summed E-state index contributed by atoms with van der Waals surface area (Å²) >= 11 is 0. The maximum atomic E-state index is 12.3. The number of aryl methyl sites for hydroxylation is 1. The van der Waals surface area contributed by atoms with Crippen LogP contribution in [0.1, 0.15) is 36.4 Å². The molecule has 0 bridgehead atoms. The zero-order chi connectivity index (χ0) is 15.2. The van der Waals surface area contributed by atoms with Gasteiger partial charge in [-0.25, -0.2) is 0 Å². The number of benzene rings is 1. The van der Waals surface area contributed by atoms with Crippen LogP contribution in [-0.4, -0.2) is 36.3 Å². The van der Waals surface area contributed by atoms with E-state index in [0.29, 0.717) is 0 Å². The Balaban J connectivity index is 0.00000242. The summed E-state index contributed by atoms with van der Waals surface area (Å²) in [7, 11) is 0. The lowest BCUT2D eigenvalue weighted by Crippen LogP contribution is -2.45. The van der Waals surface area contributed by atoms with E-state index < -0.39 is 0 Å². The molecule has 1 unspecified atom stereocenters. The zero-order valence-electron chi connectivity index (χ0n) is 12.9. The molecule has 1 aromatic carbocycles. The number of amides is 2. The Bertz CT molecular complexity index is 505. The summed E-state index contributed by atoms with van der Waals surface area (Å²) < 4.78 is 0.